The van der Waals surface area contributed by atoms with E-state index in [1.165, 1.54) is 44.9 Å². The summed E-state index contributed by atoms with van der Waals surface area (Å²) < 4.78 is 46.4. The molecule has 1 aliphatic heterocycles. The molecule has 1 saturated heterocycles. The smallest absolute Gasteiger partial charge is 0.309 e. The maximum absolute atomic E-state index is 15.4. The van der Waals surface area contributed by atoms with Crippen molar-refractivity contribution in [2.24, 2.45) is 73.9 Å². The molecule has 0 aromatic carbocycles. The maximum atomic E-state index is 15.4. The van der Waals surface area contributed by atoms with Gasteiger partial charge in [0.25, 0.3) is 0 Å². The topological polar surface area (TPSA) is 113 Å². The minimum atomic E-state index is -3.04. The number of fused-ring (bicyclic) bond motifs is 7. The fourth-order valence-corrected chi connectivity index (χ4v) is 17.6. The van der Waals surface area contributed by atoms with Gasteiger partial charge in [0, 0.05) is 30.6 Å². The molecule has 0 amide bonds. The van der Waals surface area contributed by atoms with Gasteiger partial charge in [0.15, 0.2) is 9.84 Å². The van der Waals surface area contributed by atoms with E-state index in [1.54, 1.807) is 6.92 Å². The zero-order valence-electron chi connectivity index (χ0n) is 36.2. The van der Waals surface area contributed by atoms with Crippen molar-refractivity contribution in [2.75, 3.05) is 31.1 Å². The summed E-state index contributed by atoms with van der Waals surface area (Å²) in [6.45, 7) is 22.1. The summed E-state index contributed by atoms with van der Waals surface area (Å²) in [5.41, 5.74) is 0.189. The number of hydrogen-bond donors (Lipinski definition) is 2. The number of ether oxygens (including phenoxy) is 1. The number of carbonyl (C=O) groups is 2. The molecule has 8 nitrogen and oxygen atoms in total. The second-order valence-electron chi connectivity index (χ2n) is 23.2. The molecule has 10 heteroatoms. The molecule has 7 aliphatic carbocycles. The Morgan fingerprint density at radius 1 is 0.786 bits per heavy atom. The molecule has 8 aliphatic rings. The Balaban J connectivity index is 1.02. The van der Waals surface area contributed by atoms with Crippen molar-refractivity contribution in [2.45, 2.75) is 170 Å². The SMILES string of the molecule is C[C@H](F)C(CN[C@]12CCC(C3(C)CC3)[C@@H]1[C@H]1CC[C@@H]3[C@@]4(C)CC[C@H](OC(=O)[C@H]5C[C@@H](C(=O)O)C5(C)C)C(C)(C)[C@@H]4CC[C@@]3(C)[C@]1(C)CC2)N1CCS(=O)(=O)CC1. The number of nitrogens with one attached hydrogen (secondary N) is 1. The van der Waals surface area contributed by atoms with E-state index in [-0.39, 0.29) is 62.7 Å². The number of halogens is 1. The number of carboxylic acids is 1. The van der Waals surface area contributed by atoms with Gasteiger partial charge in [-0.05, 0) is 147 Å². The first-order valence-electron chi connectivity index (χ1n) is 22.7. The van der Waals surface area contributed by atoms with E-state index in [2.05, 4.69) is 51.8 Å². The fraction of sp³-hybridized carbons (Fsp3) is 0.957. The molecule has 14 atom stereocenters. The van der Waals surface area contributed by atoms with Crippen LogP contribution in [0.2, 0.25) is 0 Å². The molecule has 8 rings (SSSR count). The normalized spacial score (nSPS) is 48.1. The van der Waals surface area contributed by atoms with E-state index in [9.17, 15) is 23.1 Å². The molecule has 2 N–H and O–H groups in total. The second kappa shape index (κ2) is 13.4. The third-order valence-corrected chi connectivity index (χ3v) is 22.1. The molecular weight excluding hydrogens is 728 g/mol. The number of carbonyl (C=O) groups excluding carboxylic acids is 1. The summed E-state index contributed by atoms with van der Waals surface area (Å²) in [4.78, 5) is 27.6. The molecule has 1 heterocycles. The first-order chi connectivity index (χ1) is 26.0. The highest BCUT2D eigenvalue weighted by Crippen LogP contribution is 2.78. The van der Waals surface area contributed by atoms with Gasteiger partial charge >= 0.3 is 11.9 Å². The van der Waals surface area contributed by atoms with Crippen molar-refractivity contribution >= 4 is 21.8 Å². The third kappa shape index (κ3) is 6.05. The Morgan fingerprint density at radius 2 is 1.46 bits per heavy atom. The summed E-state index contributed by atoms with van der Waals surface area (Å²) >= 11 is 0. The number of esters is 1. The molecule has 8 fully saturated rings. The average molecular weight is 803 g/mol. The standard InChI is InChI=1S/C46H75FN2O6S/c1-28(47)33(49-22-24-56(53,54)25-23-49)27-48-46-17-12-29(42(6)18-19-42)37(46)30-10-11-35-43(7)15-14-36(55-39(52)32-26-31(38(50)51)40(32,2)3)41(4,5)34(43)13-16-45(35,9)44(30,8)20-21-46/h28-37,48H,10-27H2,1-9H3,(H,50,51)/t28-,29?,30+,31-,32+,33?,34-,35+,36-,37+,43-,44+,45+,46-/m0/s1. The summed E-state index contributed by atoms with van der Waals surface area (Å²) in [6.07, 6.45) is 13.3. The predicted molar refractivity (Wildman–Crippen MR) is 217 cm³/mol. The van der Waals surface area contributed by atoms with Gasteiger partial charge in [-0.3, -0.25) is 14.5 Å². The third-order valence-electron chi connectivity index (χ3n) is 20.5. The van der Waals surface area contributed by atoms with Crippen molar-refractivity contribution in [1.29, 1.82) is 0 Å². The summed E-state index contributed by atoms with van der Waals surface area (Å²) in [5, 5.41) is 13.9. The molecule has 56 heavy (non-hydrogen) atoms. The predicted octanol–water partition coefficient (Wildman–Crippen LogP) is 8.33. The Hall–Kier alpha value is -1.26. The van der Waals surface area contributed by atoms with Crippen LogP contribution in [0.1, 0.15) is 146 Å². The molecule has 0 radical (unpaired) electrons. The van der Waals surface area contributed by atoms with Crippen molar-refractivity contribution in [3.05, 3.63) is 0 Å². The van der Waals surface area contributed by atoms with Crippen LogP contribution in [0.15, 0.2) is 0 Å². The lowest BCUT2D eigenvalue weighted by Crippen LogP contribution is -2.69. The van der Waals surface area contributed by atoms with Gasteiger partial charge in [0.1, 0.15) is 12.3 Å². The Bertz CT molecular complexity index is 1680. The van der Waals surface area contributed by atoms with Gasteiger partial charge in [-0.15, -0.1) is 0 Å². The van der Waals surface area contributed by atoms with Gasteiger partial charge in [0.05, 0.1) is 29.4 Å². The maximum Gasteiger partial charge on any atom is 0.309 e. The van der Waals surface area contributed by atoms with E-state index in [0.29, 0.717) is 61.1 Å². The Kier molecular flexibility index (Phi) is 9.90. The van der Waals surface area contributed by atoms with Gasteiger partial charge in [-0.25, -0.2) is 12.8 Å². The van der Waals surface area contributed by atoms with Crippen LogP contribution in [0.4, 0.5) is 4.39 Å². The minimum Gasteiger partial charge on any atom is -0.481 e. The summed E-state index contributed by atoms with van der Waals surface area (Å²) in [5.74, 6) is 1.27. The Morgan fingerprint density at radius 3 is 2.07 bits per heavy atom. The van der Waals surface area contributed by atoms with Crippen LogP contribution >= 0.6 is 0 Å². The average Bonchev–Trinajstić information content (AvgIpc) is 3.72. The highest BCUT2D eigenvalue weighted by molar-refractivity contribution is 7.91. The number of aliphatic carboxylic acids is 1. The van der Waals surface area contributed by atoms with Crippen molar-refractivity contribution in [3.8, 4) is 0 Å². The van der Waals surface area contributed by atoms with Crippen LogP contribution in [0.3, 0.4) is 0 Å². The largest absolute Gasteiger partial charge is 0.481 e. The summed E-state index contributed by atoms with van der Waals surface area (Å²) in [7, 11) is -3.04. The van der Waals surface area contributed by atoms with Crippen molar-refractivity contribution in [3.63, 3.8) is 0 Å². The molecule has 318 valence electrons. The first-order valence-corrected chi connectivity index (χ1v) is 24.5. The fourth-order valence-electron chi connectivity index (χ4n) is 16.3. The van der Waals surface area contributed by atoms with Crippen LogP contribution in [-0.2, 0) is 24.2 Å². The molecule has 0 aromatic rings. The lowest BCUT2D eigenvalue weighted by Gasteiger charge is -2.73. The minimum absolute atomic E-state index is 0.00314. The van der Waals surface area contributed by atoms with Crippen molar-refractivity contribution < 1.29 is 32.2 Å². The molecule has 0 spiro atoms. The number of carboxylic acid groups (broad SMARTS) is 1. The van der Waals surface area contributed by atoms with Gasteiger partial charge in [0.2, 0.25) is 0 Å². The number of hydrogen-bond acceptors (Lipinski definition) is 7. The number of alkyl halides is 1. The number of nitrogens with zero attached hydrogens (tertiary/aromatic N) is 1. The van der Waals surface area contributed by atoms with Crippen LogP contribution in [0.5, 0.6) is 0 Å². The molecule has 0 aromatic heterocycles. The summed E-state index contributed by atoms with van der Waals surface area (Å²) in [6, 6.07) is -0.312. The van der Waals surface area contributed by atoms with E-state index in [1.807, 2.05) is 13.8 Å². The highest BCUT2D eigenvalue weighted by Gasteiger charge is 2.72. The second-order valence-corrected chi connectivity index (χ2v) is 25.6. The molecular formula is C46H75FN2O6S. The van der Waals surface area contributed by atoms with E-state index in [4.69, 9.17) is 4.74 Å². The van der Waals surface area contributed by atoms with Gasteiger partial charge < -0.3 is 15.2 Å². The Labute approximate surface area is 337 Å². The van der Waals surface area contributed by atoms with Crippen LogP contribution in [0, 0.1) is 73.9 Å². The lowest BCUT2D eigenvalue weighted by atomic mass is 9.32. The van der Waals surface area contributed by atoms with Crippen LogP contribution in [-0.4, -0.2) is 85.4 Å². The lowest BCUT2D eigenvalue weighted by molar-refractivity contribution is -0.250. The van der Waals surface area contributed by atoms with Crippen LogP contribution < -0.4 is 5.32 Å². The quantitative estimate of drug-likeness (QED) is 0.224. The number of sulfone groups is 1. The van der Waals surface area contributed by atoms with Gasteiger partial charge in [-0.1, -0.05) is 55.4 Å². The molecule has 2 unspecified atom stereocenters. The first kappa shape index (κ1) is 41.5. The van der Waals surface area contributed by atoms with Crippen molar-refractivity contribution in [1.82, 2.24) is 10.2 Å². The zero-order chi connectivity index (χ0) is 40.6. The zero-order valence-corrected chi connectivity index (χ0v) is 37.0. The monoisotopic (exact) mass is 803 g/mol. The van der Waals surface area contributed by atoms with E-state index in [0.717, 1.165) is 32.1 Å². The van der Waals surface area contributed by atoms with E-state index < -0.39 is 33.3 Å². The number of rotatable bonds is 9. The van der Waals surface area contributed by atoms with Crippen LogP contribution in [0.25, 0.3) is 0 Å². The highest BCUT2D eigenvalue weighted by atomic mass is 32.2. The molecule has 7 saturated carbocycles. The molecule has 0 bridgehead atoms. The van der Waals surface area contributed by atoms with E-state index >= 15 is 4.39 Å². The van der Waals surface area contributed by atoms with Gasteiger partial charge in [-0.2, -0.15) is 0 Å².